The molecule has 0 unspecified atom stereocenters. The Morgan fingerprint density at radius 2 is 1.76 bits per heavy atom. The van der Waals surface area contributed by atoms with Crippen molar-refractivity contribution in [3.63, 3.8) is 0 Å². The Labute approximate surface area is 200 Å². The predicted molar refractivity (Wildman–Crippen MR) is 132 cm³/mol. The van der Waals surface area contributed by atoms with Gasteiger partial charge in [-0.15, -0.1) is 0 Å². The molecule has 1 aromatic heterocycles. The second-order valence-corrected chi connectivity index (χ2v) is 10.1. The number of hydrogen-bond acceptors (Lipinski definition) is 6. The molecule has 0 N–H and O–H groups in total. The topological polar surface area (TPSA) is 65.1 Å². The van der Waals surface area contributed by atoms with Crippen molar-refractivity contribution in [3.8, 4) is 10.8 Å². The predicted octanol–water partition coefficient (Wildman–Crippen LogP) is 5.79. The second kappa shape index (κ2) is 11.8. The second-order valence-electron chi connectivity index (χ2n) is 9.02. The SMILES string of the molecule is COCC(COC)N(c1ccc(Oc2sc(C=O)cc2C)cc1C)C(=O)[C@H]1CC[C@H](C)CC1. The molecule has 1 aromatic carbocycles. The molecule has 1 saturated carbocycles. The molecule has 1 fully saturated rings. The Morgan fingerprint density at radius 1 is 1.09 bits per heavy atom. The van der Waals surface area contributed by atoms with Crippen LogP contribution in [0.2, 0.25) is 0 Å². The monoisotopic (exact) mass is 473 g/mol. The maximum atomic E-state index is 13.8. The molecule has 1 aliphatic rings. The highest BCUT2D eigenvalue weighted by Gasteiger charge is 2.33. The number of carbonyl (C=O) groups excluding carboxylic acids is 2. The molecule has 0 spiro atoms. The van der Waals surface area contributed by atoms with Crippen LogP contribution < -0.4 is 9.64 Å². The third kappa shape index (κ3) is 6.22. The van der Waals surface area contributed by atoms with Gasteiger partial charge in [-0.25, -0.2) is 0 Å². The van der Waals surface area contributed by atoms with Crippen molar-refractivity contribution in [2.75, 3.05) is 32.3 Å². The Morgan fingerprint density at radius 3 is 2.30 bits per heavy atom. The fraction of sp³-hybridized carbons (Fsp3) is 0.538. The average Bonchev–Trinajstić information content (AvgIpc) is 3.15. The normalized spacial score (nSPS) is 18.4. The van der Waals surface area contributed by atoms with E-state index in [2.05, 4.69) is 6.92 Å². The zero-order chi connectivity index (χ0) is 24.0. The van der Waals surface area contributed by atoms with Crippen LogP contribution in [0.3, 0.4) is 0 Å². The van der Waals surface area contributed by atoms with Gasteiger partial charge in [-0.3, -0.25) is 9.59 Å². The van der Waals surface area contributed by atoms with Gasteiger partial charge >= 0.3 is 0 Å². The number of anilines is 1. The van der Waals surface area contributed by atoms with E-state index in [-0.39, 0.29) is 17.9 Å². The maximum absolute atomic E-state index is 13.8. The van der Waals surface area contributed by atoms with Crippen LogP contribution >= 0.6 is 11.3 Å². The average molecular weight is 474 g/mol. The van der Waals surface area contributed by atoms with Gasteiger partial charge in [-0.1, -0.05) is 18.3 Å². The minimum Gasteiger partial charge on any atom is -0.446 e. The fourth-order valence-electron chi connectivity index (χ4n) is 4.50. The van der Waals surface area contributed by atoms with Crippen molar-refractivity contribution in [2.24, 2.45) is 11.8 Å². The summed E-state index contributed by atoms with van der Waals surface area (Å²) in [5.41, 5.74) is 2.71. The first-order valence-corrected chi connectivity index (χ1v) is 12.3. The lowest BCUT2D eigenvalue weighted by Crippen LogP contribution is -2.49. The number of methoxy groups -OCH3 is 2. The number of amides is 1. The summed E-state index contributed by atoms with van der Waals surface area (Å²) >= 11 is 1.32. The summed E-state index contributed by atoms with van der Waals surface area (Å²) < 4.78 is 17.0. The van der Waals surface area contributed by atoms with Crippen LogP contribution in [0.4, 0.5) is 5.69 Å². The third-order valence-corrected chi connectivity index (χ3v) is 7.37. The van der Waals surface area contributed by atoms with Crippen LogP contribution in [0.15, 0.2) is 24.3 Å². The Balaban J connectivity index is 1.90. The molecule has 6 nitrogen and oxygen atoms in total. The van der Waals surface area contributed by atoms with Crippen molar-refractivity contribution in [2.45, 2.75) is 52.5 Å². The number of aryl methyl sites for hydroxylation is 2. The van der Waals surface area contributed by atoms with E-state index in [1.807, 2.05) is 43.0 Å². The summed E-state index contributed by atoms with van der Waals surface area (Å²) in [5, 5.41) is 0.699. The number of hydrogen-bond donors (Lipinski definition) is 0. The van der Waals surface area contributed by atoms with E-state index >= 15 is 0 Å². The lowest BCUT2D eigenvalue weighted by molar-refractivity contribution is -0.124. The molecule has 180 valence electrons. The number of benzene rings is 1. The zero-order valence-electron chi connectivity index (χ0n) is 20.3. The number of thiophene rings is 1. The van der Waals surface area contributed by atoms with Gasteiger partial charge in [0.15, 0.2) is 11.3 Å². The zero-order valence-corrected chi connectivity index (χ0v) is 21.1. The lowest BCUT2D eigenvalue weighted by Gasteiger charge is -2.36. The molecular formula is C26H35NO5S. The first-order chi connectivity index (χ1) is 15.9. The summed E-state index contributed by atoms with van der Waals surface area (Å²) in [7, 11) is 3.29. The van der Waals surface area contributed by atoms with E-state index in [0.29, 0.717) is 34.8 Å². The van der Waals surface area contributed by atoms with Crippen molar-refractivity contribution in [1.82, 2.24) is 0 Å². The highest BCUT2D eigenvalue weighted by Crippen LogP contribution is 2.37. The molecule has 3 rings (SSSR count). The molecule has 7 heteroatoms. The third-order valence-electron chi connectivity index (χ3n) is 6.33. The van der Waals surface area contributed by atoms with Gasteiger partial charge in [0, 0.05) is 31.4 Å². The highest BCUT2D eigenvalue weighted by atomic mass is 32.1. The summed E-state index contributed by atoms with van der Waals surface area (Å²) in [5.74, 6) is 1.51. The van der Waals surface area contributed by atoms with Crippen LogP contribution in [0.25, 0.3) is 0 Å². The van der Waals surface area contributed by atoms with Gasteiger partial charge in [0.2, 0.25) is 5.91 Å². The fourth-order valence-corrected chi connectivity index (χ4v) is 5.35. The van der Waals surface area contributed by atoms with Crippen molar-refractivity contribution >= 4 is 29.2 Å². The molecule has 0 bridgehead atoms. The van der Waals surface area contributed by atoms with Crippen LogP contribution in [0.5, 0.6) is 10.8 Å². The number of nitrogens with zero attached hydrogens (tertiary/aromatic N) is 1. The van der Waals surface area contributed by atoms with Crippen LogP contribution in [-0.2, 0) is 14.3 Å². The summed E-state index contributed by atoms with van der Waals surface area (Å²) in [6.07, 6.45) is 4.83. The molecule has 0 radical (unpaired) electrons. The largest absolute Gasteiger partial charge is 0.446 e. The van der Waals surface area contributed by atoms with Gasteiger partial charge in [0.25, 0.3) is 0 Å². The summed E-state index contributed by atoms with van der Waals surface area (Å²) in [4.78, 5) is 27.4. The standard InChI is InChI=1S/C26H35NO5S/c1-17-6-8-20(9-7-17)25(29)27(21(15-30-4)16-31-5)24-11-10-22(12-18(24)2)32-26-19(3)13-23(14-28)33-26/h10-14,17,20-21H,6-9,15-16H2,1-5H3/t17-,20-. The first kappa shape index (κ1) is 25.4. The van der Waals surface area contributed by atoms with Crippen LogP contribution in [-0.4, -0.2) is 45.7 Å². The molecule has 1 aliphatic carbocycles. The van der Waals surface area contributed by atoms with Crippen molar-refractivity contribution in [1.29, 1.82) is 0 Å². The number of rotatable bonds is 10. The van der Waals surface area contributed by atoms with Gasteiger partial charge in [-0.05, 0) is 75.3 Å². The van der Waals surface area contributed by atoms with E-state index in [1.54, 1.807) is 14.2 Å². The first-order valence-electron chi connectivity index (χ1n) is 11.5. The van der Waals surface area contributed by atoms with Crippen LogP contribution in [0.1, 0.15) is 53.4 Å². The minimum absolute atomic E-state index is 0.0169. The molecule has 0 saturated heterocycles. The van der Waals surface area contributed by atoms with Crippen LogP contribution in [0, 0.1) is 25.7 Å². The Kier molecular flexibility index (Phi) is 9.06. The van der Waals surface area contributed by atoms with Gasteiger partial charge in [0.1, 0.15) is 5.75 Å². The van der Waals surface area contributed by atoms with Crippen molar-refractivity contribution in [3.05, 3.63) is 40.3 Å². The molecule has 1 amide bonds. The molecule has 33 heavy (non-hydrogen) atoms. The number of carbonyl (C=O) groups is 2. The van der Waals surface area contributed by atoms with Gasteiger partial charge < -0.3 is 19.1 Å². The summed E-state index contributed by atoms with van der Waals surface area (Å²) in [6.45, 7) is 6.95. The van der Waals surface area contributed by atoms with Gasteiger partial charge in [0.05, 0.1) is 24.1 Å². The molecule has 1 heterocycles. The number of aldehydes is 1. The molecule has 0 atom stereocenters. The minimum atomic E-state index is -0.216. The van der Waals surface area contributed by atoms with E-state index in [0.717, 1.165) is 48.8 Å². The Hall–Kier alpha value is -2.22. The number of ether oxygens (including phenoxy) is 3. The lowest BCUT2D eigenvalue weighted by atomic mass is 9.82. The quantitative estimate of drug-likeness (QED) is 0.409. The maximum Gasteiger partial charge on any atom is 0.230 e. The van der Waals surface area contributed by atoms with E-state index < -0.39 is 0 Å². The molecule has 0 aliphatic heterocycles. The van der Waals surface area contributed by atoms with E-state index in [4.69, 9.17) is 14.2 Å². The molecular weight excluding hydrogens is 438 g/mol. The van der Waals surface area contributed by atoms with E-state index in [1.165, 1.54) is 11.3 Å². The Bertz CT molecular complexity index is 942. The van der Waals surface area contributed by atoms with Crippen molar-refractivity contribution < 1.29 is 23.8 Å². The molecule has 2 aromatic rings. The van der Waals surface area contributed by atoms with E-state index in [9.17, 15) is 9.59 Å². The summed E-state index contributed by atoms with van der Waals surface area (Å²) in [6, 6.07) is 7.36. The smallest absolute Gasteiger partial charge is 0.230 e. The highest BCUT2D eigenvalue weighted by molar-refractivity contribution is 7.15. The van der Waals surface area contributed by atoms with Gasteiger partial charge in [-0.2, -0.15) is 0 Å².